The summed E-state index contributed by atoms with van der Waals surface area (Å²) < 4.78 is 28.9. The zero-order valence-corrected chi connectivity index (χ0v) is 12.9. The molecule has 1 fully saturated rings. The van der Waals surface area contributed by atoms with Crippen LogP contribution in [0.15, 0.2) is 24.3 Å². The third kappa shape index (κ3) is 4.80. The van der Waals surface area contributed by atoms with Gasteiger partial charge < -0.3 is 10.1 Å². The van der Waals surface area contributed by atoms with E-state index in [2.05, 4.69) is 5.32 Å². The van der Waals surface area contributed by atoms with E-state index in [1.165, 1.54) is 5.56 Å². The van der Waals surface area contributed by atoms with Crippen molar-refractivity contribution < 1.29 is 13.2 Å². The van der Waals surface area contributed by atoms with Gasteiger partial charge in [0.05, 0.1) is 11.5 Å². The summed E-state index contributed by atoms with van der Waals surface area (Å²) in [6, 6.07) is 8.13. The fraction of sp³-hybridized carbons (Fsp3) is 0.600. The average Bonchev–Trinajstić information content (AvgIpc) is 2.37. The Morgan fingerprint density at radius 3 is 2.70 bits per heavy atom. The minimum Gasteiger partial charge on any atom is -0.492 e. The maximum Gasteiger partial charge on any atom is 0.151 e. The predicted octanol–water partition coefficient (Wildman–Crippen LogP) is 1.93. The highest BCUT2D eigenvalue weighted by atomic mass is 32.2. The number of aryl methyl sites for hydroxylation is 1. The molecule has 1 saturated heterocycles. The summed E-state index contributed by atoms with van der Waals surface area (Å²) in [5.41, 5.74) is 1.20. The molecule has 0 amide bonds. The van der Waals surface area contributed by atoms with Gasteiger partial charge >= 0.3 is 0 Å². The van der Waals surface area contributed by atoms with Crippen LogP contribution >= 0.6 is 0 Å². The highest BCUT2D eigenvalue weighted by Gasteiger charge is 2.25. The summed E-state index contributed by atoms with van der Waals surface area (Å²) in [4.78, 5) is 0. The summed E-state index contributed by atoms with van der Waals surface area (Å²) in [5.74, 6) is 1.43. The number of nitrogens with one attached hydrogen (secondary N) is 1. The molecule has 1 aromatic carbocycles. The van der Waals surface area contributed by atoms with Crippen molar-refractivity contribution >= 4 is 9.84 Å². The summed E-state index contributed by atoms with van der Waals surface area (Å²) in [5, 5.41) is 3.35. The second-order valence-electron chi connectivity index (χ2n) is 5.65. The van der Waals surface area contributed by atoms with Gasteiger partial charge in [0.1, 0.15) is 12.4 Å². The van der Waals surface area contributed by atoms with Crippen LogP contribution in [-0.4, -0.2) is 38.6 Å². The van der Waals surface area contributed by atoms with Crippen molar-refractivity contribution in [2.75, 3.05) is 18.1 Å². The maximum atomic E-state index is 11.6. The molecule has 1 N–H and O–H groups in total. The quantitative estimate of drug-likeness (QED) is 0.902. The summed E-state index contributed by atoms with van der Waals surface area (Å²) in [7, 11) is -2.85. The van der Waals surface area contributed by atoms with Gasteiger partial charge in [0.25, 0.3) is 0 Å². The van der Waals surface area contributed by atoms with E-state index in [0.29, 0.717) is 12.4 Å². The molecule has 0 aromatic heterocycles. The van der Waals surface area contributed by atoms with Crippen molar-refractivity contribution in [2.24, 2.45) is 0 Å². The smallest absolute Gasteiger partial charge is 0.151 e. The molecule has 112 valence electrons. The van der Waals surface area contributed by atoms with Crippen LogP contribution in [0.5, 0.6) is 5.75 Å². The summed E-state index contributed by atoms with van der Waals surface area (Å²) in [6.07, 6.45) is 1.68. The van der Waals surface area contributed by atoms with Crippen LogP contribution < -0.4 is 10.1 Å². The molecule has 4 nitrogen and oxygen atoms in total. The minimum absolute atomic E-state index is 0.0605. The van der Waals surface area contributed by atoms with Crippen molar-refractivity contribution in [1.82, 2.24) is 5.32 Å². The zero-order chi connectivity index (χ0) is 14.6. The van der Waals surface area contributed by atoms with Crippen LogP contribution in [-0.2, 0) is 9.84 Å². The SMILES string of the molecule is Cc1ccc(OCC(C)NC2CCCS(=O)(=O)C2)cc1. The van der Waals surface area contributed by atoms with Crippen LogP contribution in [0.2, 0.25) is 0 Å². The van der Waals surface area contributed by atoms with Crippen LogP contribution in [0.1, 0.15) is 25.3 Å². The molecule has 0 bridgehead atoms. The average molecular weight is 297 g/mol. The Hall–Kier alpha value is -1.07. The van der Waals surface area contributed by atoms with E-state index in [1.54, 1.807) is 0 Å². The molecule has 1 aliphatic rings. The van der Waals surface area contributed by atoms with Gasteiger partial charge in [-0.25, -0.2) is 8.42 Å². The van der Waals surface area contributed by atoms with Crippen molar-refractivity contribution in [3.63, 3.8) is 0 Å². The van der Waals surface area contributed by atoms with Gasteiger partial charge in [0.2, 0.25) is 0 Å². The van der Waals surface area contributed by atoms with Crippen LogP contribution in [0.3, 0.4) is 0 Å². The van der Waals surface area contributed by atoms with Crippen molar-refractivity contribution in [1.29, 1.82) is 0 Å². The lowest BCUT2D eigenvalue weighted by atomic mass is 10.1. The van der Waals surface area contributed by atoms with Crippen molar-refractivity contribution in [3.8, 4) is 5.75 Å². The number of hydrogen-bond donors (Lipinski definition) is 1. The molecule has 2 unspecified atom stereocenters. The fourth-order valence-corrected chi connectivity index (χ4v) is 4.11. The molecule has 1 heterocycles. The van der Waals surface area contributed by atoms with E-state index in [-0.39, 0.29) is 17.8 Å². The van der Waals surface area contributed by atoms with Gasteiger partial charge in [-0.2, -0.15) is 0 Å². The van der Waals surface area contributed by atoms with Crippen LogP contribution in [0, 0.1) is 6.92 Å². The standard InChI is InChI=1S/C15H23NO3S/c1-12-5-7-15(8-6-12)19-10-13(2)16-14-4-3-9-20(17,18)11-14/h5-8,13-14,16H,3-4,9-11H2,1-2H3. The summed E-state index contributed by atoms with van der Waals surface area (Å²) >= 11 is 0. The molecule has 0 spiro atoms. The molecule has 0 aliphatic carbocycles. The third-order valence-electron chi connectivity index (χ3n) is 3.50. The second kappa shape index (κ2) is 6.59. The molecule has 0 radical (unpaired) electrons. The lowest BCUT2D eigenvalue weighted by Crippen LogP contribution is -2.46. The minimum atomic E-state index is -2.85. The molecular weight excluding hydrogens is 274 g/mol. The fourth-order valence-electron chi connectivity index (χ4n) is 2.46. The number of hydrogen-bond acceptors (Lipinski definition) is 4. The lowest BCUT2D eigenvalue weighted by molar-refractivity contribution is 0.260. The van der Waals surface area contributed by atoms with Gasteiger partial charge in [-0.15, -0.1) is 0 Å². The molecule has 0 saturated carbocycles. The van der Waals surface area contributed by atoms with Crippen LogP contribution in [0.25, 0.3) is 0 Å². The first kappa shape index (κ1) is 15.3. The van der Waals surface area contributed by atoms with Crippen LogP contribution in [0.4, 0.5) is 0 Å². The van der Waals surface area contributed by atoms with E-state index in [0.717, 1.165) is 18.6 Å². The van der Waals surface area contributed by atoms with Gasteiger partial charge in [0, 0.05) is 12.1 Å². The second-order valence-corrected chi connectivity index (χ2v) is 7.87. The van der Waals surface area contributed by atoms with E-state index >= 15 is 0 Å². The number of benzene rings is 1. The first-order chi connectivity index (χ1) is 9.44. The van der Waals surface area contributed by atoms with Crippen molar-refractivity contribution in [3.05, 3.63) is 29.8 Å². The molecule has 2 rings (SSSR count). The lowest BCUT2D eigenvalue weighted by Gasteiger charge is -2.26. The third-order valence-corrected chi connectivity index (χ3v) is 5.33. The van der Waals surface area contributed by atoms with E-state index in [9.17, 15) is 8.42 Å². The zero-order valence-electron chi connectivity index (χ0n) is 12.1. The topological polar surface area (TPSA) is 55.4 Å². The number of rotatable bonds is 5. The van der Waals surface area contributed by atoms with Gasteiger partial charge in [0.15, 0.2) is 9.84 Å². The Kier molecular flexibility index (Phi) is 5.05. The molecule has 20 heavy (non-hydrogen) atoms. The monoisotopic (exact) mass is 297 g/mol. The first-order valence-corrected chi connectivity index (χ1v) is 8.93. The predicted molar refractivity (Wildman–Crippen MR) is 80.9 cm³/mol. The normalized spacial score (nSPS) is 23.2. The molecule has 1 aromatic rings. The molecular formula is C15H23NO3S. The Morgan fingerprint density at radius 1 is 1.35 bits per heavy atom. The molecule has 2 atom stereocenters. The Labute approximate surface area is 121 Å². The highest BCUT2D eigenvalue weighted by molar-refractivity contribution is 7.91. The van der Waals surface area contributed by atoms with E-state index < -0.39 is 9.84 Å². The van der Waals surface area contributed by atoms with Gasteiger partial charge in [-0.1, -0.05) is 17.7 Å². The molecule has 5 heteroatoms. The largest absolute Gasteiger partial charge is 0.492 e. The Morgan fingerprint density at radius 2 is 2.05 bits per heavy atom. The first-order valence-electron chi connectivity index (χ1n) is 7.10. The summed E-state index contributed by atoms with van der Waals surface area (Å²) in [6.45, 7) is 4.60. The molecule has 1 aliphatic heterocycles. The van der Waals surface area contributed by atoms with Crippen molar-refractivity contribution in [2.45, 2.75) is 38.8 Å². The van der Waals surface area contributed by atoms with Gasteiger partial charge in [-0.3, -0.25) is 0 Å². The Bertz CT molecular complexity index is 525. The number of ether oxygens (including phenoxy) is 1. The van der Waals surface area contributed by atoms with Gasteiger partial charge in [-0.05, 0) is 38.8 Å². The maximum absolute atomic E-state index is 11.6. The number of sulfone groups is 1. The highest BCUT2D eigenvalue weighted by Crippen LogP contribution is 2.14. The van der Waals surface area contributed by atoms with E-state index in [4.69, 9.17) is 4.74 Å². The van der Waals surface area contributed by atoms with E-state index in [1.807, 2.05) is 38.1 Å². The Balaban J connectivity index is 1.77.